The van der Waals surface area contributed by atoms with Gasteiger partial charge in [-0.15, -0.1) is 0 Å². The first kappa shape index (κ1) is 19.0. The summed E-state index contributed by atoms with van der Waals surface area (Å²) >= 11 is 0. The Hall–Kier alpha value is -3.81. The monoisotopic (exact) mass is 390 g/mol. The van der Waals surface area contributed by atoms with Gasteiger partial charge in [0.25, 0.3) is 0 Å². The first-order chi connectivity index (χ1) is 13.5. The van der Waals surface area contributed by atoms with E-state index in [1.54, 1.807) is 30.3 Å². The van der Waals surface area contributed by atoms with Crippen LogP contribution in [0.4, 0.5) is 0 Å². The Labute approximate surface area is 162 Å². The predicted octanol–water partition coefficient (Wildman–Crippen LogP) is 4.05. The molecular formula is C21H14N2O4S. The van der Waals surface area contributed by atoms with Gasteiger partial charge in [-0.05, 0) is 35.2 Å². The molecule has 0 amide bonds. The standard InChI is InChI=1S/C21H14N2O4S/c1-26-20-12-15(11-16(13-22)14-23)9-10-19(20)27-28(24,25)21-8-4-6-17-5-2-3-7-18(17)21/h2-12H,1H3. The van der Waals surface area contributed by atoms with Gasteiger partial charge in [-0.1, -0.05) is 42.5 Å². The third-order valence-corrected chi connectivity index (χ3v) is 5.25. The van der Waals surface area contributed by atoms with Gasteiger partial charge in [0.15, 0.2) is 11.5 Å². The SMILES string of the molecule is COc1cc(C=C(C#N)C#N)ccc1OS(=O)(=O)c1cccc2ccccc12. The zero-order chi connectivity index (χ0) is 20.1. The minimum atomic E-state index is -4.12. The van der Waals surface area contributed by atoms with Gasteiger partial charge in [0.1, 0.15) is 22.6 Å². The van der Waals surface area contributed by atoms with Gasteiger partial charge in [0, 0.05) is 5.39 Å². The molecule has 0 aliphatic carbocycles. The van der Waals surface area contributed by atoms with Crippen LogP contribution in [0, 0.1) is 22.7 Å². The molecule has 0 N–H and O–H groups in total. The molecule has 6 nitrogen and oxygen atoms in total. The van der Waals surface area contributed by atoms with Crippen LogP contribution in [0.15, 0.2) is 71.1 Å². The van der Waals surface area contributed by atoms with E-state index in [0.29, 0.717) is 10.9 Å². The molecule has 3 aromatic carbocycles. The highest BCUT2D eigenvalue weighted by Gasteiger charge is 2.21. The van der Waals surface area contributed by atoms with Gasteiger partial charge in [-0.2, -0.15) is 18.9 Å². The van der Waals surface area contributed by atoms with E-state index >= 15 is 0 Å². The third-order valence-electron chi connectivity index (χ3n) is 3.96. The summed E-state index contributed by atoms with van der Waals surface area (Å²) in [4.78, 5) is 0.0490. The fraction of sp³-hybridized carbons (Fsp3) is 0.0476. The Morgan fingerprint density at radius 2 is 1.68 bits per heavy atom. The first-order valence-corrected chi connectivity index (χ1v) is 9.51. The van der Waals surface area contributed by atoms with Crippen LogP contribution in [-0.4, -0.2) is 15.5 Å². The van der Waals surface area contributed by atoms with Gasteiger partial charge in [-0.25, -0.2) is 0 Å². The molecule has 138 valence electrons. The molecule has 0 spiro atoms. The second-order valence-corrected chi connectivity index (χ2v) is 7.22. The molecule has 0 fully saturated rings. The molecule has 0 atom stereocenters. The Morgan fingerprint density at radius 1 is 0.964 bits per heavy atom. The predicted molar refractivity (Wildman–Crippen MR) is 104 cm³/mol. The molecule has 0 saturated carbocycles. The molecule has 0 aliphatic rings. The lowest BCUT2D eigenvalue weighted by Gasteiger charge is -2.12. The van der Waals surface area contributed by atoms with Crippen LogP contribution in [0.2, 0.25) is 0 Å². The molecule has 0 radical (unpaired) electrons. The summed E-state index contributed by atoms with van der Waals surface area (Å²) in [5, 5.41) is 19.0. The van der Waals surface area contributed by atoms with Gasteiger partial charge in [0.05, 0.1) is 7.11 Å². The van der Waals surface area contributed by atoms with Gasteiger partial charge in [0.2, 0.25) is 0 Å². The Balaban J connectivity index is 2.02. The van der Waals surface area contributed by atoms with Crippen LogP contribution in [0.5, 0.6) is 11.5 Å². The Kier molecular flexibility index (Phi) is 5.30. The lowest BCUT2D eigenvalue weighted by atomic mass is 10.1. The molecule has 28 heavy (non-hydrogen) atoms. The van der Waals surface area contributed by atoms with Gasteiger partial charge >= 0.3 is 10.1 Å². The van der Waals surface area contributed by atoms with Crippen LogP contribution >= 0.6 is 0 Å². The number of ether oxygens (including phenoxy) is 1. The summed E-state index contributed by atoms with van der Waals surface area (Å²) < 4.78 is 36.3. The number of nitrogens with zero attached hydrogens (tertiary/aromatic N) is 2. The van der Waals surface area contributed by atoms with E-state index in [2.05, 4.69) is 0 Å². The van der Waals surface area contributed by atoms with Crippen LogP contribution in [0.1, 0.15) is 5.56 Å². The summed E-state index contributed by atoms with van der Waals surface area (Å²) in [6, 6.07) is 20.0. The van der Waals surface area contributed by atoms with Gasteiger partial charge in [-0.3, -0.25) is 0 Å². The maximum Gasteiger partial charge on any atom is 0.339 e. The number of benzene rings is 3. The molecule has 7 heteroatoms. The number of nitriles is 2. The maximum absolute atomic E-state index is 12.9. The van der Waals surface area contributed by atoms with E-state index < -0.39 is 10.1 Å². The average molecular weight is 390 g/mol. The number of hydrogen-bond donors (Lipinski definition) is 0. The van der Waals surface area contributed by atoms with E-state index in [-0.39, 0.29) is 22.0 Å². The van der Waals surface area contributed by atoms with Crippen molar-refractivity contribution in [3.63, 3.8) is 0 Å². The highest BCUT2D eigenvalue weighted by molar-refractivity contribution is 7.87. The van der Waals surface area contributed by atoms with E-state index in [1.807, 2.05) is 18.2 Å². The minimum absolute atomic E-state index is 0.00282. The molecule has 0 aromatic heterocycles. The van der Waals surface area contributed by atoms with Crippen molar-refractivity contribution in [1.29, 1.82) is 10.5 Å². The highest BCUT2D eigenvalue weighted by Crippen LogP contribution is 2.33. The summed E-state index contributed by atoms with van der Waals surface area (Å²) in [7, 11) is -2.75. The average Bonchev–Trinajstić information content (AvgIpc) is 2.72. The van der Waals surface area contributed by atoms with Crippen molar-refractivity contribution in [2.24, 2.45) is 0 Å². The van der Waals surface area contributed by atoms with E-state index in [4.69, 9.17) is 19.4 Å². The fourth-order valence-electron chi connectivity index (χ4n) is 2.68. The smallest absolute Gasteiger partial charge is 0.339 e. The van der Waals surface area contributed by atoms with Crippen LogP contribution < -0.4 is 8.92 Å². The topological polar surface area (TPSA) is 100 Å². The Morgan fingerprint density at radius 3 is 2.39 bits per heavy atom. The highest BCUT2D eigenvalue weighted by atomic mass is 32.2. The number of hydrogen-bond acceptors (Lipinski definition) is 6. The van der Waals surface area contributed by atoms with Crippen molar-refractivity contribution in [3.8, 4) is 23.6 Å². The summed E-state index contributed by atoms with van der Waals surface area (Å²) in [6.07, 6.45) is 1.37. The molecule has 0 saturated heterocycles. The molecule has 0 bridgehead atoms. The summed E-state index contributed by atoms with van der Waals surface area (Å²) in [5.41, 5.74) is 0.420. The molecule has 3 aromatic rings. The molecular weight excluding hydrogens is 376 g/mol. The van der Waals surface area contributed by atoms with Crippen LogP contribution in [-0.2, 0) is 10.1 Å². The van der Waals surface area contributed by atoms with Crippen molar-refractivity contribution >= 4 is 27.0 Å². The molecule has 3 rings (SSSR count). The number of rotatable bonds is 5. The van der Waals surface area contributed by atoms with Crippen molar-refractivity contribution in [2.45, 2.75) is 4.90 Å². The van der Waals surface area contributed by atoms with E-state index in [0.717, 1.165) is 5.39 Å². The minimum Gasteiger partial charge on any atom is -0.493 e. The van der Waals surface area contributed by atoms with Crippen molar-refractivity contribution < 1.29 is 17.3 Å². The van der Waals surface area contributed by atoms with Crippen LogP contribution in [0.3, 0.4) is 0 Å². The summed E-state index contributed by atoms with van der Waals surface area (Å²) in [6.45, 7) is 0. The van der Waals surface area contributed by atoms with Crippen LogP contribution in [0.25, 0.3) is 16.8 Å². The first-order valence-electron chi connectivity index (χ1n) is 8.10. The normalized spacial score (nSPS) is 10.5. The molecule has 0 unspecified atom stereocenters. The quantitative estimate of drug-likeness (QED) is 0.481. The second-order valence-electron chi connectivity index (χ2n) is 5.71. The lowest BCUT2D eigenvalue weighted by Crippen LogP contribution is -2.11. The second kappa shape index (κ2) is 7.83. The molecule has 0 heterocycles. The van der Waals surface area contributed by atoms with Crippen molar-refractivity contribution in [3.05, 3.63) is 71.8 Å². The number of fused-ring (bicyclic) bond motifs is 1. The van der Waals surface area contributed by atoms with E-state index in [9.17, 15) is 8.42 Å². The summed E-state index contributed by atoms with van der Waals surface area (Å²) in [5.74, 6) is 0.163. The third kappa shape index (κ3) is 3.80. The lowest BCUT2D eigenvalue weighted by molar-refractivity contribution is 0.390. The van der Waals surface area contributed by atoms with Gasteiger partial charge < -0.3 is 8.92 Å². The Bertz CT molecular complexity index is 1240. The van der Waals surface area contributed by atoms with Crippen molar-refractivity contribution in [2.75, 3.05) is 7.11 Å². The molecule has 0 aliphatic heterocycles. The largest absolute Gasteiger partial charge is 0.493 e. The number of allylic oxidation sites excluding steroid dienone is 1. The zero-order valence-electron chi connectivity index (χ0n) is 14.8. The number of methoxy groups -OCH3 is 1. The zero-order valence-corrected chi connectivity index (χ0v) is 15.6. The van der Waals surface area contributed by atoms with Crippen molar-refractivity contribution in [1.82, 2.24) is 0 Å². The van der Waals surface area contributed by atoms with E-state index in [1.165, 1.54) is 37.5 Å². The maximum atomic E-state index is 12.9. The fourth-order valence-corrected chi connectivity index (χ4v) is 3.84.